The Hall–Kier alpha value is -1.17. The van der Waals surface area contributed by atoms with Crippen molar-refractivity contribution in [1.29, 1.82) is 0 Å². The number of halogens is 4. The molecular weight excluding hydrogens is 221 g/mol. The first-order chi connectivity index (χ1) is 6.39. The van der Waals surface area contributed by atoms with Gasteiger partial charge in [-0.05, 0) is 0 Å². The normalized spacial score (nSPS) is 11.4. The molecule has 14 heavy (non-hydrogen) atoms. The van der Waals surface area contributed by atoms with Gasteiger partial charge in [0.2, 0.25) is 5.78 Å². The molecule has 0 radical (unpaired) electrons. The van der Waals surface area contributed by atoms with Gasteiger partial charge in [-0.1, -0.05) is 11.6 Å². The summed E-state index contributed by atoms with van der Waals surface area (Å²) in [4.78, 5) is 17.5. The van der Waals surface area contributed by atoms with E-state index in [4.69, 9.17) is 11.6 Å². The second-order valence-electron chi connectivity index (χ2n) is 2.43. The molecule has 1 heterocycles. The van der Waals surface area contributed by atoms with E-state index < -0.39 is 18.4 Å². The number of hydrogen-bond acceptors (Lipinski definition) is 3. The lowest BCUT2D eigenvalue weighted by molar-refractivity contribution is -0.170. The van der Waals surface area contributed by atoms with Crippen molar-refractivity contribution in [2.75, 3.05) is 0 Å². The smallest absolute Gasteiger partial charge is 0.289 e. The highest BCUT2D eigenvalue weighted by Gasteiger charge is 2.38. The van der Waals surface area contributed by atoms with Gasteiger partial charge >= 0.3 is 6.18 Å². The van der Waals surface area contributed by atoms with Gasteiger partial charge in [-0.3, -0.25) is 9.78 Å². The largest absolute Gasteiger partial charge is 0.450 e. The van der Waals surface area contributed by atoms with Crippen molar-refractivity contribution in [3.63, 3.8) is 0 Å². The van der Waals surface area contributed by atoms with Crippen LogP contribution in [0.3, 0.4) is 0 Å². The minimum Gasteiger partial charge on any atom is -0.289 e. The molecule has 0 unspecified atom stereocenters. The highest BCUT2D eigenvalue weighted by atomic mass is 35.5. The summed E-state index contributed by atoms with van der Waals surface area (Å²) in [5.41, 5.74) is -0.0586. The zero-order valence-electron chi connectivity index (χ0n) is 6.68. The van der Waals surface area contributed by atoms with Gasteiger partial charge in [0.25, 0.3) is 0 Å². The van der Waals surface area contributed by atoms with Crippen molar-refractivity contribution in [2.45, 2.75) is 12.6 Å². The molecule has 0 bridgehead atoms. The third-order valence-corrected chi connectivity index (χ3v) is 1.53. The van der Waals surface area contributed by atoms with E-state index in [9.17, 15) is 18.0 Å². The number of rotatable bonds is 2. The van der Waals surface area contributed by atoms with E-state index in [0.29, 0.717) is 0 Å². The molecule has 76 valence electrons. The highest BCUT2D eigenvalue weighted by Crippen LogP contribution is 2.18. The molecule has 0 atom stereocenters. The fraction of sp³-hybridized carbons (Fsp3) is 0.286. The first kappa shape index (κ1) is 10.9. The lowest BCUT2D eigenvalue weighted by atomic mass is 10.2. The monoisotopic (exact) mass is 224 g/mol. The molecule has 1 rings (SSSR count). The second-order valence-corrected chi connectivity index (χ2v) is 2.82. The first-order valence-electron chi connectivity index (χ1n) is 3.46. The Morgan fingerprint density at radius 3 is 2.43 bits per heavy atom. The van der Waals surface area contributed by atoms with E-state index >= 15 is 0 Å². The lowest BCUT2D eigenvalue weighted by Gasteiger charge is -2.03. The lowest BCUT2D eigenvalue weighted by Crippen LogP contribution is -2.24. The highest BCUT2D eigenvalue weighted by molar-refractivity contribution is 6.29. The number of aromatic nitrogens is 2. The van der Waals surface area contributed by atoms with Gasteiger partial charge in [-0.2, -0.15) is 13.2 Å². The minimum atomic E-state index is -4.83. The summed E-state index contributed by atoms with van der Waals surface area (Å²) in [5.74, 6) is -1.85. The van der Waals surface area contributed by atoms with Crippen LogP contribution in [0, 0.1) is 0 Å². The van der Waals surface area contributed by atoms with E-state index in [1.165, 1.54) is 0 Å². The Balaban J connectivity index is 2.71. The van der Waals surface area contributed by atoms with Crippen molar-refractivity contribution in [1.82, 2.24) is 9.97 Å². The molecular formula is C7H4ClF3N2O. The Bertz CT molecular complexity index is 336. The predicted octanol–water partition coefficient (Wildman–Crippen LogP) is 1.80. The van der Waals surface area contributed by atoms with Gasteiger partial charge in [0, 0.05) is 0 Å². The average Bonchev–Trinajstić information content (AvgIpc) is 2.07. The number of ketones is 1. The third-order valence-electron chi connectivity index (χ3n) is 1.33. The fourth-order valence-electron chi connectivity index (χ4n) is 0.695. The van der Waals surface area contributed by atoms with E-state index in [-0.39, 0.29) is 10.8 Å². The quantitative estimate of drug-likeness (QED) is 0.769. The summed E-state index contributed by atoms with van der Waals surface area (Å²) in [7, 11) is 0. The Morgan fingerprint density at radius 1 is 1.36 bits per heavy atom. The van der Waals surface area contributed by atoms with Crippen LogP contribution in [0.4, 0.5) is 13.2 Å². The van der Waals surface area contributed by atoms with Crippen molar-refractivity contribution in [2.24, 2.45) is 0 Å². The van der Waals surface area contributed by atoms with Gasteiger partial charge in [0.15, 0.2) is 0 Å². The topological polar surface area (TPSA) is 42.9 Å². The third kappa shape index (κ3) is 2.95. The first-order valence-corrected chi connectivity index (χ1v) is 3.84. The van der Waals surface area contributed by atoms with Crippen LogP contribution in [0.1, 0.15) is 5.69 Å². The van der Waals surface area contributed by atoms with Crippen molar-refractivity contribution in [3.8, 4) is 0 Å². The summed E-state index contributed by atoms with van der Waals surface area (Å²) < 4.78 is 35.4. The van der Waals surface area contributed by atoms with Crippen LogP contribution < -0.4 is 0 Å². The van der Waals surface area contributed by atoms with Crippen molar-refractivity contribution >= 4 is 17.4 Å². The van der Waals surface area contributed by atoms with Crippen LogP contribution in [0.5, 0.6) is 0 Å². The van der Waals surface area contributed by atoms with Crippen LogP contribution in [-0.4, -0.2) is 21.9 Å². The van der Waals surface area contributed by atoms with E-state index in [1.807, 2.05) is 0 Å². The van der Waals surface area contributed by atoms with Crippen LogP contribution >= 0.6 is 11.6 Å². The summed E-state index contributed by atoms with van der Waals surface area (Å²) >= 11 is 5.36. The molecule has 0 saturated heterocycles. The maximum Gasteiger partial charge on any atom is 0.450 e. The molecule has 0 aliphatic heterocycles. The standard InChI is InChI=1S/C7H4ClF3N2O/c8-6-3-12-4(2-13-6)1-5(14)7(9,10)11/h2-3H,1H2. The van der Waals surface area contributed by atoms with Crippen molar-refractivity contribution in [3.05, 3.63) is 23.2 Å². The maximum absolute atomic E-state index is 11.8. The molecule has 0 fully saturated rings. The Kier molecular flexibility index (Phi) is 3.05. The maximum atomic E-state index is 11.8. The number of carbonyl (C=O) groups excluding carboxylic acids is 1. The average molecular weight is 225 g/mol. The van der Waals surface area contributed by atoms with Gasteiger partial charge in [0.05, 0.1) is 24.5 Å². The minimum absolute atomic E-state index is 0.0586. The van der Waals surface area contributed by atoms with Crippen molar-refractivity contribution < 1.29 is 18.0 Å². The summed E-state index contributed by atoms with van der Waals surface area (Å²) in [6, 6.07) is 0. The summed E-state index contributed by atoms with van der Waals surface area (Å²) in [6.45, 7) is 0. The van der Waals surface area contributed by atoms with E-state index in [0.717, 1.165) is 12.4 Å². The zero-order chi connectivity index (χ0) is 10.8. The van der Waals surface area contributed by atoms with Gasteiger partial charge < -0.3 is 0 Å². The molecule has 0 saturated carbocycles. The van der Waals surface area contributed by atoms with E-state index in [2.05, 4.69) is 9.97 Å². The van der Waals surface area contributed by atoms with Gasteiger partial charge in [-0.25, -0.2) is 4.98 Å². The molecule has 0 spiro atoms. The fourth-order valence-corrected chi connectivity index (χ4v) is 0.793. The molecule has 0 aliphatic rings. The molecule has 0 aromatic carbocycles. The summed E-state index contributed by atoms with van der Waals surface area (Å²) in [6.07, 6.45) is -3.53. The SMILES string of the molecule is O=C(Cc1cnc(Cl)cn1)C(F)(F)F. The number of Topliss-reactive ketones (excluding diaryl/α,β-unsaturated/α-hetero) is 1. The molecule has 7 heteroatoms. The number of hydrogen-bond donors (Lipinski definition) is 0. The number of alkyl halides is 3. The molecule has 0 amide bonds. The van der Waals surface area contributed by atoms with Crippen LogP contribution in [0.15, 0.2) is 12.4 Å². The number of nitrogens with zero attached hydrogens (tertiary/aromatic N) is 2. The molecule has 1 aromatic heterocycles. The molecule has 1 aromatic rings. The zero-order valence-corrected chi connectivity index (χ0v) is 7.43. The molecule has 3 nitrogen and oxygen atoms in total. The van der Waals surface area contributed by atoms with Crippen LogP contribution in [-0.2, 0) is 11.2 Å². The predicted molar refractivity (Wildman–Crippen MR) is 41.8 cm³/mol. The molecule has 0 aliphatic carbocycles. The van der Waals surface area contributed by atoms with Crippen LogP contribution in [0.2, 0.25) is 5.15 Å². The van der Waals surface area contributed by atoms with Gasteiger partial charge in [0.1, 0.15) is 5.15 Å². The van der Waals surface area contributed by atoms with E-state index in [1.54, 1.807) is 0 Å². The van der Waals surface area contributed by atoms with Crippen LogP contribution in [0.25, 0.3) is 0 Å². The Morgan fingerprint density at radius 2 is 2.00 bits per heavy atom. The Labute approximate surface area is 81.9 Å². The van der Waals surface area contributed by atoms with Gasteiger partial charge in [-0.15, -0.1) is 0 Å². The molecule has 0 N–H and O–H groups in total. The second kappa shape index (κ2) is 3.91. The summed E-state index contributed by atoms with van der Waals surface area (Å²) in [5, 5.41) is 0.0632. The number of carbonyl (C=O) groups is 1.